The van der Waals surface area contributed by atoms with E-state index in [1.54, 1.807) is 20.8 Å². The lowest BCUT2D eigenvalue weighted by molar-refractivity contribution is -0.282. The van der Waals surface area contributed by atoms with Crippen LogP contribution in [0.4, 0.5) is 0 Å². The lowest BCUT2D eigenvalue weighted by Crippen LogP contribution is -2.55. The third-order valence-electron chi connectivity index (χ3n) is 22.8. The molecule has 0 aromatic carbocycles. The van der Waals surface area contributed by atoms with Gasteiger partial charge >= 0.3 is 7.82 Å². The lowest BCUT2D eigenvalue weighted by atomic mass is 9.83. The summed E-state index contributed by atoms with van der Waals surface area (Å²) in [6.07, 6.45) is 7.23. The number of rotatable bonds is 70. The van der Waals surface area contributed by atoms with Crippen molar-refractivity contribution in [2.24, 2.45) is 40.9 Å². The van der Waals surface area contributed by atoms with Crippen molar-refractivity contribution in [3.63, 3.8) is 0 Å². The Morgan fingerprint density at radius 1 is 0.368 bits per heavy atom. The molecule has 114 heavy (non-hydrogen) atoms. The first-order valence-corrected chi connectivity index (χ1v) is 44.2. The predicted octanol–water partition coefficient (Wildman–Crippen LogP) is 8.32. The average Bonchev–Trinajstić information content (AvgIpc) is 0.869. The number of phosphoric acid groups is 1. The van der Waals surface area contributed by atoms with Gasteiger partial charge in [0.1, 0.15) is 82.9 Å². The van der Waals surface area contributed by atoms with Gasteiger partial charge in [-0.1, -0.05) is 85.5 Å². The van der Waals surface area contributed by atoms with Gasteiger partial charge in [-0.2, -0.15) is 0 Å². The Morgan fingerprint density at radius 2 is 0.658 bits per heavy atom. The van der Waals surface area contributed by atoms with E-state index in [4.69, 9.17) is 47.2 Å². The lowest BCUT2D eigenvalue weighted by Gasteiger charge is -2.40. The van der Waals surface area contributed by atoms with Crippen LogP contribution in [0.1, 0.15) is 272 Å². The van der Waals surface area contributed by atoms with Gasteiger partial charge in [0, 0.05) is 146 Å². The van der Waals surface area contributed by atoms with Gasteiger partial charge in [-0.3, -0.25) is 47.4 Å². The molecule has 0 aromatic rings. The van der Waals surface area contributed by atoms with Crippen LogP contribution in [0.15, 0.2) is 0 Å². The van der Waals surface area contributed by atoms with E-state index in [9.17, 15) is 93.8 Å². The molecule has 0 spiro atoms. The van der Waals surface area contributed by atoms with Crippen molar-refractivity contribution in [3.05, 3.63) is 0 Å². The number of aliphatic hydroxyl groups excluding tert-OH is 9. The number of phosphoric ester groups is 1. The monoisotopic (exact) mass is 1650 g/mol. The number of ketones is 8. The topological polar surface area (TPSA) is 457 Å². The molecule has 10 N–H and O–H groups in total. The highest BCUT2D eigenvalue weighted by Crippen LogP contribution is 2.46. The molecule has 1 saturated carbocycles. The third kappa shape index (κ3) is 40.9. The first-order valence-electron chi connectivity index (χ1n) is 42.7. The number of aliphatic hydroxyl groups is 9. The Kier molecular flexibility index (Phi) is 53.1. The molecule has 0 amide bonds. The highest BCUT2D eigenvalue weighted by atomic mass is 31.2. The molecule has 4 aliphatic rings. The van der Waals surface area contributed by atoms with Crippen LogP contribution in [0.3, 0.4) is 0 Å². The Bertz CT molecular complexity index is 2670. The maximum atomic E-state index is 14.2. The van der Waals surface area contributed by atoms with Gasteiger partial charge in [-0.05, 0) is 102 Å². The van der Waals surface area contributed by atoms with Crippen molar-refractivity contribution < 1.29 is 145 Å². The molecular formula is C83H145O30P. The smallest absolute Gasteiger partial charge is 0.394 e. The number of hydrogen-bond acceptors (Lipinski definition) is 29. The van der Waals surface area contributed by atoms with Crippen LogP contribution in [0.25, 0.3) is 0 Å². The Labute approximate surface area is 676 Å². The molecule has 1 aliphatic carbocycles. The number of Topliss-reactive ketones (excluding diaryl/α,β-unsaturated/α-hetero) is 8. The zero-order valence-corrected chi connectivity index (χ0v) is 69.9. The summed E-state index contributed by atoms with van der Waals surface area (Å²) in [5, 5.41) is 89.9. The number of carbonyl (C=O) groups excluding carboxylic acids is 8. The molecular weight excluding hydrogens is 1510 g/mol. The van der Waals surface area contributed by atoms with Crippen molar-refractivity contribution in [2.75, 3.05) is 93.0 Å². The Balaban J connectivity index is 1.29. The van der Waals surface area contributed by atoms with E-state index in [0.29, 0.717) is 128 Å². The van der Waals surface area contributed by atoms with Crippen LogP contribution in [0.5, 0.6) is 0 Å². The van der Waals surface area contributed by atoms with Gasteiger partial charge in [-0.15, -0.1) is 0 Å². The maximum absolute atomic E-state index is 14.2. The van der Waals surface area contributed by atoms with Crippen LogP contribution in [-0.2, 0) is 94.6 Å². The van der Waals surface area contributed by atoms with E-state index in [0.717, 1.165) is 64.9 Å². The van der Waals surface area contributed by atoms with Crippen molar-refractivity contribution in [2.45, 2.75) is 345 Å². The van der Waals surface area contributed by atoms with Gasteiger partial charge in [0.05, 0.1) is 91.0 Å². The van der Waals surface area contributed by atoms with Crippen LogP contribution in [0, 0.1) is 40.9 Å². The van der Waals surface area contributed by atoms with Crippen LogP contribution in [-0.4, -0.2) is 264 Å². The number of ether oxygens (including phenoxy) is 9. The summed E-state index contributed by atoms with van der Waals surface area (Å²) in [4.78, 5) is 115. The molecule has 4 rings (SSSR count). The Morgan fingerprint density at radius 3 is 1.00 bits per heavy atom. The molecule has 3 saturated heterocycles. The summed E-state index contributed by atoms with van der Waals surface area (Å²) >= 11 is 0. The predicted molar refractivity (Wildman–Crippen MR) is 418 cm³/mol. The van der Waals surface area contributed by atoms with Gasteiger partial charge in [0.15, 0.2) is 18.9 Å². The molecule has 3 aliphatic heterocycles. The van der Waals surface area contributed by atoms with Crippen molar-refractivity contribution in [3.8, 4) is 0 Å². The van der Waals surface area contributed by atoms with E-state index in [2.05, 4.69) is 11.4 Å². The first kappa shape index (κ1) is 103. The molecule has 4 fully saturated rings. The van der Waals surface area contributed by atoms with Crippen LogP contribution in [0.2, 0.25) is 0 Å². The van der Waals surface area contributed by atoms with Crippen molar-refractivity contribution in [1.82, 2.24) is 0 Å². The molecule has 0 bridgehead atoms. The highest BCUT2D eigenvalue weighted by molar-refractivity contribution is 7.47. The fraction of sp³-hybridized carbons (Fsp3) is 0.904. The molecule has 0 radical (unpaired) electrons. The summed E-state index contributed by atoms with van der Waals surface area (Å²) in [6.45, 7) is 6.25. The molecule has 662 valence electrons. The second kappa shape index (κ2) is 58.7. The summed E-state index contributed by atoms with van der Waals surface area (Å²) < 4.78 is 74.5. The zero-order chi connectivity index (χ0) is 83.9. The summed E-state index contributed by atoms with van der Waals surface area (Å²) in [7, 11) is -3.03. The first-order chi connectivity index (χ1) is 54.6. The quantitative estimate of drug-likeness (QED) is 0.0202. The number of carbonyl (C=O) groups is 8. The van der Waals surface area contributed by atoms with E-state index < -0.39 is 125 Å². The van der Waals surface area contributed by atoms with E-state index in [-0.39, 0.29) is 188 Å². The largest absolute Gasteiger partial charge is 0.471 e. The molecule has 30 nitrogen and oxygen atoms in total. The average molecular weight is 1650 g/mol. The Hall–Kier alpha value is -3.25. The minimum Gasteiger partial charge on any atom is -0.394 e. The van der Waals surface area contributed by atoms with Gasteiger partial charge in [0.25, 0.3) is 0 Å². The molecule has 3 heterocycles. The highest BCUT2D eigenvalue weighted by Gasteiger charge is 2.46. The summed E-state index contributed by atoms with van der Waals surface area (Å²) in [5.74, 6) is -1.48. The molecule has 31 heteroatoms. The van der Waals surface area contributed by atoms with Crippen molar-refractivity contribution in [1.29, 1.82) is 0 Å². The molecule has 0 aromatic heterocycles. The van der Waals surface area contributed by atoms with Gasteiger partial charge in [0.2, 0.25) is 0 Å². The number of unbranched alkanes of at least 4 members (excludes halogenated alkanes) is 15. The third-order valence-corrected chi connectivity index (χ3v) is 23.7. The van der Waals surface area contributed by atoms with Gasteiger partial charge in [-0.25, -0.2) is 4.57 Å². The van der Waals surface area contributed by atoms with E-state index in [1.807, 2.05) is 0 Å². The fourth-order valence-corrected chi connectivity index (χ4v) is 15.8. The standard InChI is InChI=1S/C83H145O30P/c1-57-47-61(53-110-114(101,102)103-5)69(48-57)70(94)36-22-11-9-7-6-8-10-15-35-68(93)49-83(56-106-45-39-66(91)31-20-14-21-32-67(92)40-46-109-82-60(4)76(97)79(100)73(52-86)113-82,54-104-43-37-64(89)29-18-12-16-27-62(87)33-23-25-41-107-80-58(2)74(95)77(98)71(50-84)111-80)55-105-44-38-65(90)30-19-13-17-28-63(88)34-24-26-42-108-81-59(3)75(96)78(99)72(51-85)112-81/h57-61,69,71-82,84-86,95-100H,6-56H2,1-5H3,(H,101,102)/t57-,58?,59?,60?,61+,69?,71?,72?,73?,74?,75?,76?,77?,78?,79?,80?,81?,82?,83?/m1/s1. The SMILES string of the molecule is COP(=O)(O)OC[C@@H]1C[C@@H](C)CC1C(=O)CCCCCCCCCCC(=O)CC(COCCC(=O)CCCCCC(=O)CCCCOC1OC(CO)C(O)C(O)C1C)(COCCC(=O)CCCCCC(=O)CCCCOC1OC(CO)C(O)C(O)C1C)COCCC(=O)CCCCCC(=O)CCOC1OC(CO)C(O)C(O)C1C. The second-order valence-corrected chi connectivity index (χ2v) is 34.3. The molecule has 17 unspecified atom stereocenters. The van der Waals surface area contributed by atoms with Crippen molar-refractivity contribution >= 4 is 54.1 Å². The second-order valence-electron chi connectivity index (χ2n) is 32.7. The normalized spacial score (nSPS) is 27.6. The van der Waals surface area contributed by atoms with Crippen LogP contribution >= 0.6 is 7.82 Å². The van der Waals surface area contributed by atoms with E-state index in [1.165, 1.54) is 0 Å². The van der Waals surface area contributed by atoms with Crippen LogP contribution < -0.4 is 0 Å². The zero-order valence-electron chi connectivity index (χ0n) is 69.0. The number of hydrogen-bond donors (Lipinski definition) is 10. The van der Waals surface area contributed by atoms with Gasteiger partial charge < -0.3 is 93.5 Å². The minimum absolute atomic E-state index is 0.00278. The minimum atomic E-state index is -4.14. The summed E-state index contributed by atoms with van der Waals surface area (Å²) in [6, 6.07) is 0. The van der Waals surface area contributed by atoms with E-state index >= 15 is 0 Å². The fourth-order valence-electron chi connectivity index (χ4n) is 15.3. The maximum Gasteiger partial charge on any atom is 0.471 e. The molecule has 19 atom stereocenters. The summed E-state index contributed by atoms with van der Waals surface area (Å²) in [5.41, 5.74) is -1.07.